The van der Waals surface area contributed by atoms with Crippen molar-refractivity contribution in [1.82, 2.24) is 0 Å². The molecule has 1 fully saturated rings. The highest BCUT2D eigenvalue weighted by atomic mass is 16.7. The van der Waals surface area contributed by atoms with E-state index < -0.39 is 36.6 Å². The zero-order valence-electron chi connectivity index (χ0n) is 16.4. The summed E-state index contributed by atoms with van der Waals surface area (Å²) in [6, 6.07) is 16.9. The first kappa shape index (κ1) is 21.8. The minimum absolute atomic E-state index is 0.187. The average molecular weight is 413 g/mol. The van der Waals surface area contributed by atoms with E-state index in [9.17, 15) is 9.90 Å². The minimum atomic E-state index is -1.21. The summed E-state index contributed by atoms with van der Waals surface area (Å²) in [6.07, 6.45) is -4.02. The van der Waals surface area contributed by atoms with E-state index in [0.29, 0.717) is 5.56 Å². The zero-order valence-corrected chi connectivity index (χ0v) is 16.4. The van der Waals surface area contributed by atoms with E-state index in [-0.39, 0.29) is 13.2 Å². The number of rotatable bonds is 8. The van der Waals surface area contributed by atoms with Crippen LogP contribution in [0.25, 0.3) is 10.4 Å². The molecule has 9 nitrogen and oxygen atoms in total. The van der Waals surface area contributed by atoms with Crippen LogP contribution in [-0.2, 0) is 25.6 Å². The molecule has 0 spiro atoms. The molecule has 3 rings (SSSR count). The molecule has 1 N–H and O–H groups in total. The Bertz CT molecular complexity index is 860. The Kier molecular flexibility index (Phi) is 7.78. The Hall–Kier alpha value is -2.94. The Balaban J connectivity index is 1.71. The predicted octanol–water partition coefficient (Wildman–Crippen LogP) is 2.84. The van der Waals surface area contributed by atoms with Crippen LogP contribution in [0.15, 0.2) is 65.8 Å². The van der Waals surface area contributed by atoms with Gasteiger partial charge in [-0.15, -0.1) is 0 Å². The summed E-state index contributed by atoms with van der Waals surface area (Å²) in [4.78, 5) is 15.0. The number of nitrogens with zero attached hydrogens (tertiary/aromatic N) is 3. The highest BCUT2D eigenvalue weighted by molar-refractivity contribution is 5.89. The Morgan fingerprint density at radius 2 is 1.83 bits per heavy atom. The number of ether oxygens (including phenoxy) is 4. The second-order valence-corrected chi connectivity index (χ2v) is 6.69. The number of hydrogen-bond acceptors (Lipinski definition) is 7. The summed E-state index contributed by atoms with van der Waals surface area (Å²) in [6.45, 7) is -0.0318. The van der Waals surface area contributed by atoms with Gasteiger partial charge in [-0.25, -0.2) is 4.79 Å². The molecular formula is C21H23N3O6. The first-order chi connectivity index (χ1) is 14.6. The maximum absolute atomic E-state index is 12.2. The number of aliphatic hydroxyl groups excluding tert-OH is 1. The molecule has 2 aromatic rings. The number of carbonyl (C=O) groups is 1. The van der Waals surface area contributed by atoms with Crippen LogP contribution < -0.4 is 0 Å². The zero-order chi connectivity index (χ0) is 21.3. The molecule has 1 saturated heterocycles. The number of carbonyl (C=O) groups excluding carboxylic acids is 1. The van der Waals surface area contributed by atoms with Gasteiger partial charge in [0, 0.05) is 12.0 Å². The molecule has 1 aliphatic rings. The van der Waals surface area contributed by atoms with E-state index >= 15 is 0 Å². The van der Waals surface area contributed by atoms with Crippen LogP contribution in [0.4, 0.5) is 0 Å². The summed E-state index contributed by atoms with van der Waals surface area (Å²) in [5.74, 6) is -0.542. The molecule has 0 aliphatic carbocycles. The van der Waals surface area contributed by atoms with Crippen LogP contribution in [-0.4, -0.2) is 55.4 Å². The molecule has 2 aromatic carbocycles. The average Bonchev–Trinajstić information content (AvgIpc) is 2.79. The van der Waals surface area contributed by atoms with Gasteiger partial charge in [-0.2, -0.15) is 0 Å². The quantitative estimate of drug-likeness (QED) is 0.307. The number of azide groups is 1. The van der Waals surface area contributed by atoms with Crippen LogP contribution in [0.2, 0.25) is 0 Å². The molecule has 2 unspecified atom stereocenters. The lowest BCUT2D eigenvalue weighted by Gasteiger charge is -2.42. The molecule has 5 atom stereocenters. The number of aliphatic hydroxyl groups is 1. The van der Waals surface area contributed by atoms with Crippen LogP contribution in [0.5, 0.6) is 0 Å². The van der Waals surface area contributed by atoms with Crippen LogP contribution >= 0.6 is 0 Å². The van der Waals surface area contributed by atoms with Gasteiger partial charge in [0.15, 0.2) is 6.29 Å². The minimum Gasteiger partial charge on any atom is -0.459 e. The molecule has 0 aromatic heterocycles. The van der Waals surface area contributed by atoms with E-state index in [1.54, 1.807) is 30.3 Å². The molecular weight excluding hydrogens is 390 g/mol. The van der Waals surface area contributed by atoms with Gasteiger partial charge in [0.25, 0.3) is 0 Å². The SMILES string of the molecule is CO[C@H]1OC(COC(=O)c2ccccc2)[C@@H](O)[C@@H](OCc2ccccc2)C1N=[N+]=[N-]. The molecule has 0 radical (unpaired) electrons. The van der Waals surface area contributed by atoms with E-state index in [4.69, 9.17) is 24.5 Å². The lowest BCUT2D eigenvalue weighted by molar-refractivity contribution is -0.266. The number of esters is 1. The van der Waals surface area contributed by atoms with E-state index in [0.717, 1.165) is 5.56 Å². The summed E-state index contributed by atoms with van der Waals surface area (Å²) < 4.78 is 22.2. The Morgan fingerprint density at radius 1 is 1.17 bits per heavy atom. The van der Waals surface area contributed by atoms with Gasteiger partial charge in [0.2, 0.25) is 0 Å². The highest BCUT2D eigenvalue weighted by Gasteiger charge is 2.46. The Morgan fingerprint density at radius 3 is 2.47 bits per heavy atom. The van der Waals surface area contributed by atoms with Gasteiger partial charge in [-0.3, -0.25) is 0 Å². The summed E-state index contributed by atoms with van der Waals surface area (Å²) in [5, 5.41) is 14.5. The second kappa shape index (κ2) is 10.7. The fraction of sp³-hybridized carbons (Fsp3) is 0.381. The monoisotopic (exact) mass is 413 g/mol. The van der Waals surface area contributed by atoms with Crippen molar-refractivity contribution in [1.29, 1.82) is 0 Å². The molecule has 9 heteroatoms. The van der Waals surface area contributed by atoms with E-state index in [1.807, 2.05) is 30.3 Å². The van der Waals surface area contributed by atoms with Crippen LogP contribution in [0.3, 0.4) is 0 Å². The van der Waals surface area contributed by atoms with Gasteiger partial charge in [-0.05, 0) is 23.2 Å². The normalized spacial score (nSPS) is 25.9. The van der Waals surface area contributed by atoms with Crippen molar-refractivity contribution in [2.24, 2.45) is 5.11 Å². The van der Waals surface area contributed by atoms with Crippen molar-refractivity contribution in [2.75, 3.05) is 13.7 Å². The molecule has 0 bridgehead atoms. The number of hydrogen-bond donors (Lipinski definition) is 1. The lowest BCUT2D eigenvalue weighted by atomic mass is 9.97. The first-order valence-electron chi connectivity index (χ1n) is 9.42. The Labute approximate surface area is 173 Å². The van der Waals surface area contributed by atoms with E-state index in [1.165, 1.54) is 7.11 Å². The third-order valence-electron chi connectivity index (χ3n) is 4.73. The number of benzene rings is 2. The largest absolute Gasteiger partial charge is 0.459 e. The molecule has 0 amide bonds. The second-order valence-electron chi connectivity index (χ2n) is 6.69. The summed E-state index contributed by atoms with van der Waals surface area (Å²) in [5.41, 5.74) is 10.2. The van der Waals surface area contributed by atoms with Crippen molar-refractivity contribution in [2.45, 2.75) is 37.3 Å². The summed E-state index contributed by atoms with van der Waals surface area (Å²) in [7, 11) is 1.39. The van der Waals surface area contributed by atoms with Crippen molar-refractivity contribution in [3.8, 4) is 0 Å². The lowest BCUT2D eigenvalue weighted by Crippen LogP contribution is -2.59. The third kappa shape index (κ3) is 5.35. The smallest absolute Gasteiger partial charge is 0.338 e. The van der Waals surface area contributed by atoms with Gasteiger partial charge >= 0.3 is 5.97 Å². The van der Waals surface area contributed by atoms with Gasteiger partial charge in [-0.1, -0.05) is 53.6 Å². The standard InChI is InChI=1S/C21H23N3O6/c1-27-21-17(23-24-22)19(28-12-14-8-4-2-5-9-14)18(25)16(30-21)13-29-20(26)15-10-6-3-7-11-15/h2-11,16-19,21,25H,12-13H2,1H3/t16?,17?,18-,19+,21+/m1/s1. The van der Waals surface area contributed by atoms with Crippen molar-refractivity contribution >= 4 is 5.97 Å². The van der Waals surface area contributed by atoms with Gasteiger partial charge in [0.1, 0.15) is 24.9 Å². The highest BCUT2D eigenvalue weighted by Crippen LogP contribution is 2.28. The number of methoxy groups -OCH3 is 1. The van der Waals surface area contributed by atoms with Crippen molar-refractivity contribution in [3.63, 3.8) is 0 Å². The maximum Gasteiger partial charge on any atom is 0.338 e. The molecule has 30 heavy (non-hydrogen) atoms. The fourth-order valence-electron chi connectivity index (χ4n) is 3.19. The van der Waals surface area contributed by atoms with Crippen molar-refractivity contribution < 1.29 is 28.8 Å². The van der Waals surface area contributed by atoms with Crippen molar-refractivity contribution in [3.05, 3.63) is 82.2 Å². The third-order valence-corrected chi connectivity index (χ3v) is 4.73. The molecule has 158 valence electrons. The van der Waals surface area contributed by atoms with Gasteiger partial charge < -0.3 is 24.1 Å². The predicted molar refractivity (Wildman–Crippen MR) is 106 cm³/mol. The van der Waals surface area contributed by atoms with Crippen LogP contribution in [0, 0.1) is 0 Å². The van der Waals surface area contributed by atoms with Gasteiger partial charge in [0.05, 0.1) is 18.3 Å². The topological polar surface area (TPSA) is 123 Å². The molecule has 1 heterocycles. The molecule has 1 aliphatic heterocycles. The van der Waals surface area contributed by atoms with Crippen LogP contribution in [0.1, 0.15) is 15.9 Å². The molecule has 0 saturated carbocycles. The fourth-order valence-corrected chi connectivity index (χ4v) is 3.19. The van der Waals surface area contributed by atoms with E-state index in [2.05, 4.69) is 10.0 Å². The first-order valence-corrected chi connectivity index (χ1v) is 9.42. The summed E-state index contributed by atoms with van der Waals surface area (Å²) >= 11 is 0. The maximum atomic E-state index is 12.2.